The fourth-order valence-corrected chi connectivity index (χ4v) is 4.77. The van der Waals surface area contributed by atoms with Gasteiger partial charge < -0.3 is 9.64 Å². The highest BCUT2D eigenvalue weighted by molar-refractivity contribution is 5.79. The van der Waals surface area contributed by atoms with Crippen LogP contribution in [0.15, 0.2) is 24.3 Å². The van der Waals surface area contributed by atoms with Gasteiger partial charge in [0.05, 0.1) is 5.41 Å². The lowest BCUT2D eigenvalue weighted by atomic mass is 9.83. The lowest BCUT2D eigenvalue weighted by molar-refractivity contribution is -0.148. The quantitative estimate of drug-likeness (QED) is 0.785. The zero-order chi connectivity index (χ0) is 17.3. The maximum Gasteiger partial charge on any atom is 0.312 e. The van der Waals surface area contributed by atoms with Crippen LogP contribution < -0.4 is 4.90 Å². The Morgan fingerprint density at radius 1 is 1.08 bits per heavy atom. The number of piperazine rings is 1. The molecule has 3 fully saturated rings. The molecular formula is C21H30N2O2. The van der Waals surface area contributed by atoms with Gasteiger partial charge >= 0.3 is 5.97 Å². The number of ether oxygens (including phenoxy) is 1. The average molecular weight is 342 g/mol. The van der Waals surface area contributed by atoms with Gasteiger partial charge in [-0.05, 0) is 38.3 Å². The van der Waals surface area contributed by atoms with Crippen molar-refractivity contribution < 1.29 is 9.53 Å². The van der Waals surface area contributed by atoms with E-state index < -0.39 is 0 Å². The number of rotatable bonds is 4. The summed E-state index contributed by atoms with van der Waals surface area (Å²) in [6.45, 7) is 7.54. The van der Waals surface area contributed by atoms with E-state index in [0.717, 1.165) is 58.4 Å². The lowest BCUT2D eigenvalue weighted by Crippen LogP contribution is -2.47. The van der Waals surface area contributed by atoms with Gasteiger partial charge in [0.1, 0.15) is 6.10 Å². The van der Waals surface area contributed by atoms with E-state index in [2.05, 4.69) is 41.0 Å². The highest BCUT2D eigenvalue weighted by atomic mass is 16.6. The molecule has 136 valence electrons. The van der Waals surface area contributed by atoms with Crippen LogP contribution in [-0.4, -0.2) is 49.7 Å². The third-order valence-corrected chi connectivity index (χ3v) is 6.42. The van der Waals surface area contributed by atoms with E-state index in [-0.39, 0.29) is 17.5 Å². The molecule has 0 bridgehead atoms. The molecule has 0 amide bonds. The number of carbonyl (C=O) groups excluding carboxylic acids is 1. The van der Waals surface area contributed by atoms with E-state index in [1.165, 1.54) is 24.1 Å². The molecule has 1 aromatic rings. The van der Waals surface area contributed by atoms with Gasteiger partial charge in [-0.1, -0.05) is 30.5 Å². The lowest BCUT2D eigenvalue weighted by Gasteiger charge is -2.36. The summed E-state index contributed by atoms with van der Waals surface area (Å²) < 4.78 is 5.72. The van der Waals surface area contributed by atoms with Gasteiger partial charge in [-0.3, -0.25) is 9.69 Å². The third kappa shape index (κ3) is 3.55. The second-order valence-corrected chi connectivity index (χ2v) is 8.17. The number of benzene rings is 1. The SMILES string of the molecule is Cc1ccc(N2CCN(CC[C@@H]3CC4(CCCC4)C(=O)O3)CC2)cc1. The molecule has 0 aromatic heterocycles. The number of hydrogen-bond donors (Lipinski definition) is 0. The summed E-state index contributed by atoms with van der Waals surface area (Å²) in [5.41, 5.74) is 2.54. The van der Waals surface area contributed by atoms with Crippen molar-refractivity contribution in [2.75, 3.05) is 37.6 Å². The van der Waals surface area contributed by atoms with Crippen LogP contribution in [0.1, 0.15) is 44.1 Å². The van der Waals surface area contributed by atoms with Gasteiger partial charge in [-0.15, -0.1) is 0 Å². The fourth-order valence-electron chi connectivity index (χ4n) is 4.77. The minimum Gasteiger partial charge on any atom is -0.462 e. The Kier molecular flexibility index (Phi) is 4.72. The second kappa shape index (κ2) is 6.99. The molecule has 1 atom stereocenters. The van der Waals surface area contributed by atoms with Gasteiger partial charge in [-0.25, -0.2) is 0 Å². The van der Waals surface area contributed by atoms with E-state index in [1.807, 2.05) is 0 Å². The second-order valence-electron chi connectivity index (χ2n) is 8.17. The Labute approximate surface area is 151 Å². The summed E-state index contributed by atoms with van der Waals surface area (Å²) in [4.78, 5) is 17.2. The normalized spacial score (nSPS) is 26.4. The number of hydrogen-bond acceptors (Lipinski definition) is 4. The van der Waals surface area contributed by atoms with Crippen LogP contribution in [0.25, 0.3) is 0 Å². The van der Waals surface area contributed by atoms with Crippen molar-refractivity contribution in [2.45, 2.75) is 51.6 Å². The Morgan fingerprint density at radius 2 is 1.76 bits per heavy atom. The van der Waals surface area contributed by atoms with Crippen molar-refractivity contribution in [1.82, 2.24) is 4.90 Å². The molecule has 4 rings (SSSR count). The van der Waals surface area contributed by atoms with Crippen molar-refractivity contribution in [1.29, 1.82) is 0 Å². The standard InChI is InChI=1S/C21H30N2O2/c1-17-4-6-18(7-5-17)23-14-12-22(13-15-23)11-8-19-16-21(20(24)25-19)9-2-3-10-21/h4-7,19H,2-3,8-16H2,1H3/t19-/m1/s1. The molecule has 4 nitrogen and oxygen atoms in total. The summed E-state index contributed by atoms with van der Waals surface area (Å²) in [5.74, 6) is 0.0965. The van der Waals surface area contributed by atoms with Crippen LogP contribution in [0.4, 0.5) is 5.69 Å². The van der Waals surface area contributed by atoms with Crippen molar-refractivity contribution in [2.24, 2.45) is 5.41 Å². The predicted molar refractivity (Wildman–Crippen MR) is 99.8 cm³/mol. The van der Waals surface area contributed by atoms with Crippen LogP contribution in [-0.2, 0) is 9.53 Å². The maximum atomic E-state index is 12.2. The molecule has 25 heavy (non-hydrogen) atoms. The molecule has 3 aliphatic rings. The number of cyclic esters (lactones) is 1. The molecule has 1 spiro atoms. The molecule has 0 unspecified atom stereocenters. The first-order valence-corrected chi connectivity index (χ1v) is 9.90. The van der Waals surface area contributed by atoms with Crippen LogP contribution in [0, 0.1) is 12.3 Å². The predicted octanol–water partition coefficient (Wildman–Crippen LogP) is 3.38. The van der Waals surface area contributed by atoms with Crippen molar-refractivity contribution in [3.63, 3.8) is 0 Å². The zero-order valence-corrected chi connectivity index (χ0v) is 15.4. The molecule has 1 aromatic carbocycles. The largest absolute Gasteiger partial charge is 0.462 e. The molecule has 4 heteroatoms. The number of carbonyl (C=O) groups is 1. The summed E-state index contributed by atoms with van der Waals surface area (Å²) >= 11 is 0. The van der Waals surface area contributed by atoms with E-state index in [1.54, 1.807) is 0 Å². The Balaban J connectivity index is 1.23. The number of anilines is 1. The monoisotopic (exact) mass is 342 g/mol. The molecule has 2 saturated heterocycles. The number of nitrogens with zero attached hydrogens (tertiary/aromatic N) is 2. The van der Waals surface area contributed by atoms with Crippen LogP contribution in [0.2, 0.25) is 0 Å². The molecule has 0 N–H and O–H groups in total. The first-order chi connectivity index (χ1) is 12.1. The van der Waals surface area contributed by atoms with E-state index in [4.69, 9.17) is 4.74 Å². The summed E-state index contributed by atoms with van der Waals surface area (Å²) in [6.07, 6.45) is 6.62. The topological polar surface area (TPSA) is 32.8 Å². The van der Waals surface area contributed by atoms with Gasteiger partial charge in [0, 0.05) is 44.8 Å². The average Bonchev–Trinajstić information content (AvgIpc) is 3.22. The zero-order valence-electron chi connectivity index (χ0n) is 15.4. The molecule has 2 aliphatic heterocycles. The minimum absolute atomic E-state index is 0.0965. The van der Waals surface area contributed by atoms with Gasteiger partial charge in [0.2, 0.25) is 0 Å². The van der Waals surface area contributed by atoms with Crippen molar-refractivity contribution in [3.05, 3.63) is 29.8 Å². The van der Waals surface area contributed by atoms with E-state index in [9.17, 15) is 4.79 Å². The van der Waals surface area contributed by atoms with Gasteiger partial charge in [0.15, 0.2) is 0 Å². The van der Waals surface area contributed by atoms with E-state index >= 15 is 0 Å². The summed E-state index contributed by atoms with van der Waals surface area (Å²) in [5, 5.41) is 0. The summed E-state index contributed by atoms with van der Waals surface area (Å²) in [7, 11) is 0. The van der Waals surface area contributed by atoms with Crippen molar-refractivity contribution >= 4 is 11.7 Å². The van der Waals surface area contributed by atoms with Gasteiger partial charge in [-0.2, -0.15) is 0 Å². The first-order valence-electron chi connectivity index (χ1n) is 9.90. The third-order valence-electron chi connectivity index (χ3n) is 6.42. The Bertz CT molecular complexity index is 599. The van der Waals surface area contributed by atoms with Crippen molar-refractivity contribution in [3.8, 4) is 0 Å². The highest BCUT2D eigenvalue weighted by Gasteiger charge is 2.50. The Morgan fingerprint density at radius 3 is 2.44 bits per heavy atom. The molecule has 0 radical (unpaired) electrons. The Hall–Kier alpha value is -1.55. The molecule has 1 aliphatic carbocycles. The smallest absolute Gasteiger partial charge is 0.312 e. The molecular weight excluding hydrogens is 312 g/mol. The van der Waals surface area contributed by atoms with Crippen LogP contribution in [0.5, 0.6) is 0 Å². The molecule has 1 saturated carbocycles. The maximum absolute atomic E-state index is 12.2. The van der Waals surface area contributed by atoms with Gasteiger partial charge in [0.25, 0.3) is 0 Å². The number of esters is 1. The fraction of sp³-hybridized carbons (Fsp3) is 0.667. The number of aryl methyl sites for hydroxylation is 1. The highest BCUT2D eigenvalue weighted by Crippen LogP contribution is 2.48. The van der Waals surface area contributed by atoms with Crippen LogP contribution in [0.3, 0.4) is 0 Å². The minimum atomic E-state index is -0.102. The van der Waals surface area contributed by atoms with Crippen LogP contribution >= 0.6 is 0 Å². The summed E-state index contributed by atoms with van der Waals surface area (Å²) in [6, 6.07) is 8.83. The van der Waals surface area contributed by atoms with E-state index in [0.29, 0.717) is 0 Å². The first kappa shape index (κ1) is 16.9. The molecule has 2 heterocycles.